The summed E-state index contributed by atoms with van der Waals surface area (Å²) >= 11 is 0. The Balaban J connectivity index is 1.64. The number of para-hydroxylation sites is 1. The molecule has 3 heterocycles. The Morgan fingerprint density at radius 1 is 1.24 bits per heavy atom. The van der Waals surface area contributed by atoms with Crippen LogP contribution in [0.2, 0.25) is 0 Å². The SMILES string of the molecule is C=C[C@H]1CCN(c2cc(N3CCOCC3)cc(=O)[nH]2)[C@H]1Cc1ccccc1OC. The van der Waals surface area contributed by atoms with Crippen LogP contribution in [0.4, 0.5) is 11.5 Å². The van der Waals surface area contributed by atoms with Crippen LogP contribution >= 0.6 is 0 Å². The third-order valence-electron chi connectivity index (χ3n) is 6.02. The number of benzene rings is 1. The third kappa shape index (κ3) is 4.17. The highest BCUT2D eigenvalue weighted by molar-refractivity contribution is 5.56. The van der Waals surface area contributed by atoms with Crippen molar-refractivity contribution in [1.29, 1.82) is 0 Å². The van der Waals surface area contributed by atoms with Crippen LogP contribution in [0.5, 0.6) is 5.75 Å². The molecule has 0 unspecified atom stereocenters. The number of hydrogen-bond acceptors (Lipinski definition) is 5. The number of hydrogen-bond donors (Lipinski definition) is 1. The van der Waals surface area contributed by atoms with Crippen molar-refractivity contribution < 1.29 is 9.47 Å². The summed E-state index contributed by atoms with van der Waals surface area (Å²) in [7, 11) is 1.71. The monoisotopic (exact) mass is 395 g/mol. The van der Waals surface area contributed by atoms with Crippen LogP contribution in [-0.4, -0.2) is 51.0 Å². The normalized spacial score (nSPS) is 22.0. The largest absolute Gasteiger partial charge is 0.496 e. The number of ether oxygens (including phenoxy) is 2. The maximum atomic E-state index is 12.4. The molecule has 0 amide bonds. The van der Waals surface area contributed by atoms with Crippen molar-refractivity contribution in [3.05, 3.63) is 65.0 Å². The molecule has 6 nitrogen and oxygen atoms in total. The summed E-state index contributed by atoms with van der Waals surface area (Å²) in [4.78, 5) is 20.1. The van der Waals surface area contributed by atoms with Crippen molar-refractivity contribution in [2.45, 2.75) is 18.9 Å². The van der Waals surface area contributed by atoms with Crippen LogP contribution in [0.25, 0.3) is 0 Å². The average molecular weight is 396 g/mol. The van der Waals surface area contributed by atoms with Gasteiger partial charge in [0.05, 0.1) is 20.3 Å². The zero-order valence-electron chi connectivity index (χ0n) is 17.0. The Morgan fingerprint density at radius 2 is 2.03 bits per heavy atom. The zero-order chi connectivity index (χ0) is 20.2. The van der Waals surface area contributed by atoms with Crippen LogP contribution in [0.15, 0.2) is 53.8 Å². The summed E-state index contributed by atoms with van der Waals surface area (Å²) in [5, 5.41) is 0. The fourth-order valence-corrected chi connectivity index (χ4v) is 4.48. The van der Waals surface area contributed by atoms with Gasteiger partial charge in [-0.15, -0.1) is 6.58 Å². The van der Waals surface area contributed by atoms with Crippen molar-refractivity contribution in [2.24, 2.45) is 5.92 Å². The lowest BCUT2D eigenvalue weighted by Crippen LogP contribution is -2.38. The van der Waals surface area contributed by atoms with Gasteiger partial charge in [-0.05, 0) is 30.4 Å². The Morgan fingerprint density at radius 3 is 2.79 bits per heavy atom. The molecule has 0 bridgehead atoms. The lowest BCUT2D eigenvalue weighted by atomic mass is 9.94. The van der Waals surface area contributed by atoms with E-state index in [-0.39, 0.29) is 11.6 Å². The molecule has 1 aromatic heterocycles. The predicted octanol–water partition coefficient (Wildman–Crippen LogP) is 2.84. The van der Waals surface area contributed by atoms with Crippen LogP contribution in [-0.2, 0) is 11.2 Å². The molecule has 2 aliphatic heterocycles. The Bertz CT molecular complexity index is 904. The summed E-state index contributed by atoms with van der Waals surface area (Å²) in [6, 6.07) is 12.2. The van der Waals surface area contributed by atoms with Crippen molar-refractivity contribution >= 4 is 11.5 Å². The molecule has 0 saturated carbocycles. The second-order valence-corrected chi connectivity index (χ2v) is 7.65. The van der Waals surface area contributed by atoms with Crippen LogP contribution in [0.3, 0.4) is 0 Å². The van der Waals surface area contributed by atoms with E-state index in [0.29, 0.717) is 19.1 Å². The molecule has 2 aliphatic rings. The number of aromatic amines is 1. The number of anilines is 2. The van der Waals surface area contributed by atoms with Crippen LogP contribution in [0.1, 0.15) is 12.0 Å². The molecule has 154 valence electrons. The van der Waals surface area contributed by atoms with Crippen molar-refractivity contribution in [1.82, 2.24) is 4.98 Å². The molecule has 29 heavy (non-hydrogen) atoms. The molecule has 2 fully saturated rings. The van der Waals surface area contributed by atoms with E-state index >= 15 is 0 Å². The van der Waals surface area contributed by atoms with Crippen molar-refractivity contribution in [3.63, 3.8) is 0 Å². The van der Waals surface area contributed by atoms with Gasteiger partial charge in [0.25, 0.3) is 5.56 Å². The molecule has 1 N–H and O–H groups in total. The average Bonchev–Trinajstić information content (AvgIpc) is 3.17. The zero-order valence-corrected chi connectivity index (χ0v) is 17.0. The minimum Gasteiger partial charge on any atom is -0.496 e. The second kappa shape index (κ2) is 8.74. The number of rotatable bonds is 6. The maximum absolute atomic E-state index is 12.4. The highest BCUT2D eigenvalue weighted by atomic mass is 16.5. The first-order valence-corrected chi connectivity index (χ1v) is 10.3. The number of pyridine rings is 1. The quantitative estimate of drug-likeness (QED) is 0.763. The van der Waals surface area contributed by atoms with Gasteiger partial charge in [-0.25, -0.2) is 0 Å². The first kappa shape index (κ1) is 19.6. The lowest BCUT2D eigenvalue weighted by molar-refractivity contribution is 0.122. The minimum atomic E-state index is -0.0675. The van der Waals surface area contributed by atoms with E-state index in [4.69, 9.17) is 9.47 Å². The summed E-state index contributed by atoms with van der Waals surface area (Å²) in [6.07, 6.45) is 3.90. The molecular formula is C23H29N3O3. The van der Waals surface area contributed by atoms with Gasteiger partial charge < -0.3 is 24.3 Å². The van der Waals surface area contributed by atoms with Gasteiger partial charge in [0.2, 0.25) is 0 Å². The molecule has 0 radical (unpaired) electrons. The number of nitrogens with one attached hydrogen (secondary N) is 1. The predicted molar refractivity (Wildman–Crippen MR) is 116 cm³/mol. The Kier molecular flexibility index (Phi) is 5.90. The van der Waals surface area contributed by atoms with E-state index in [2.05, 4.69) is 33.5 Å². The first-order chi connectivity index (χ1) is 14.2. The fraction of sp³-hybridized carbons (Fsp3) is 0.435. The first-order valence-electron chi connectivity index (χ1n) is 10.3. The van der Waals surface area contributed by atoms with Crippen LogP contribution in [0, 0.1) is 5.92 Å². The van der Waals surface area contributed by atoms with Gasteiger partial charge in [-0.3, -0.25) is 4.79 Å². The molecule has 2 saturated heterocycles. The minimum absolute atomic E-state index is 0.0675. The number of aromatic nitrogens is 1. The number of methoxy groups -OCH3 is 1. The summed E-state index contributed by atoms with van der Waals surface area (Å²) in [5.41, 5.74) is 2.07. The maximum Gasteiger partial charge on any atom is 0.251 e. The fourth-order valence-electron chi connectivity index (χ4n) is 4.48. The van der Waals surface area contributed by atoms with E-state index in [0.717, 1.165) is 49.7 Å². The van der Waals surface area contributed by atoms with Gasteiger partial charge >= 0.3 is 0 Å². The summed E-state index contributed by atoms with van der Waals surface area (Å²) in [5.74, 6) is 2.14. The highest BCUT2D eigenvalue weighted by Gasteiger charge is 2.34. The van der Waals surface area contributed by atoms with E-state index < -0.39 is 0 Å². The molecule has 2 atom stereocenters. The standard InChI is InChI=1S/C23H29N3O3/c1-3-17-8-9-26(20(17)14-18-6-4-5-7-21(18)28-2)22-15-19(16-23(27)24-22)25-10-12-29-13-11-25/h3-7,15-17,20H,1,8-14H2,2H3,(H,24,27)/t17-,20-/m0/s1. The number of morpholine rings is 1. The molecule has 0 aliphatic carbocycles. The molecular weight excluding hydrogens is 366 g/mol. The van der Waals surface area contributed by atoms with E-state index in [1.807, 2.05) is 24.3 Å². The van der Waals surface area contributed by atoms with Gasteiger partial charge in [0.1, 0.15) is 11.6 Å². The molecule has 2 aromatic rings. The molecule has 0 spiro atoms. The summed E-state index contributed by atoms with van der Waals surface area (Å²) < 4.78 is 11.0. The highest BCUT2D eigenvalue weighted by Crippen LogP contribution is 2.34. The molecule has 6 heteroatoms. The van der Waals surface area contributed by atoms with Crippen LogP contribution < -0.4 is 20.1 Å². The lowest BCUT2D eigenvalue weighted by Gasteiger charge is -2.32. The smallest absolute Gasteiger partial charge is 0.251 e. The molecule has 4 rings (SSSR count). The topological polar surface area (TPSA) is 57.8 Å². The van der Waals surface area contributed by atoms with Gasteiger partial charge in [0, 0.05) is 43.5 Å². The second-order valence-electron chi connectivity index (χ2n) is 7.65. The van der Waals surface area contributed by atoms with Gasteiger partial charge in [0.15, 0.2) is 0 Å². The van der Waals surface area contributed by atoms with E-state index in [1.165, 1.54) is 5.56 Å². The van der Waals surface area contributed by atoms with E-state index in [9.17, 15) is 4.79 Å². The van der Waals surface area contributed by atoms with E-state index in [1.54, 1.807) is 13.2 Å². The Hall–Kier alpha value is -2.73. The molecule has 1 aromatic carbocycles. The number of nitrogens with zero attached hydrogens (tertiary/aromatic N) is 2. The third-order valence-corrected chi connectivity index (χ3v) is 6.02. The van der Waals surface area contributed by atoms with Gasteiger partial charge in [-0.1, -0.05) is 24.3 Å². The van der Waals surface area contributed by atoms with Crippen molar-refractivity contribution in [3.8, 4) is 5.75 Å². The Labute approximate surface area is 171 Å². The summed E-state index contributed by atoms with van der Waals surface area (Å²) in [6.45, 7) is 7.96. The van der Waals surface area contributed by atoms with Gasteiger partial charge in [-0.2, -0.15) is 0 Å². The number of H-pyrrole nitrogens is 1. The van der Waals surface area contributed by atoms with Crippen molar-refractivity contribution in [2.75, 3.05) is 49.8 Å².